The van der Waals surface area contributed by atoms with Crippen molar-refractivity contribution in [3.05, 3.63) is 33.1 Å². The molecule has 0 saturated heterocycles. The van der Waals surface area contributed by atoms with Crippen LogP contribution in [0, 0.1) is 6.92 Å². The number of carbonyl (C=O) groups is 1. The summed E-state index contributed by atoms with van der Waals surface area (Å²) in [6.45, 7) is 1.55. The number of carbonyl (C=O) groups excluding carboxylic acids is 1. The Kier molecular flexibility index (Phi) is 7.25. The summed E-state index contributed by atoms with van der Waals surface area (Å²) in [5.74, 6) is -0.117. The van der Waals surface area contributed by atoms with Crippen LogP contribution in [0.1, 0.15) is 15.4 Å². The van der Waals surface area contributed by atoms with E-state index in [1.165, 1.54) is 46.0 Å². The van der Waals surface area contributed by atoms with Crippen LogP contribution in [-0.2, 0) is 10.0 Å². The highest BCUT2D eigenvalue weighted by molar-refractivity contribution is 7.93. The van der Waals surface area contributed by atoms with Crippen LogP contribution in [0.15, 0.2) is 26.9 Å². The van der Waals surface area contributed by atoms with E-state index in [1.54, 1.807) is 6.92 Å². The maximum atomic E-state index is 13.1. The van der Waals surface area contributed by atoms with Gasteiger partial charge in [0.15, 0.2) is 11.5 Å². The third-order valence-corrected chi connectivity index (χ3v) is 7.26. The predicted molar refractivity (Wildman–Crippen MR) is 122 cm³/mol. The zero-order chi connectivity index (χ0) is 24.3. The molecule has 0 saturated carbocycles. The summed E-state index contributed by atoms with van der Waals surface area (Å²) in [6.07, 6.45) is 0. The van der Waals surface area contributed by atoms with Gasteiger partial charge in [-0.05, 0) is 18.4 Å². The number of halogens is 1. The summed E-state index contributed by atoms with van der Waals surface area (Å²) in [7, 11) is 1.39. The lowest BCUT2D eigenvalue weighted by molar-refractivity contribution is 0.102. The molecule has 0 unspecified atom stereocenters. The molecular formula is C19H20ClN3O8S2. The molecule has 14 heteroatoms. The lowest BCUT2D eigenvalue weighted by atomic mass is 10.2. The molecule has 1 aromatic carbocycles. The molecule has 0 aliphatic carbocycles. The van der Waals surface area contributed by atoms with E-state index in [2.05, 4.69) is 15.2 Å². The van der Waals surface area contributed by atoms with Crippen LogP contribution >= 0.6 is 22.9 Å². The second kappa shape index (κ2) is 9.77. The van der Waals surface area contributed by atoms with Gasteiger partial charge in [-0.25, -0.2) is 13.1 Å². The number of sulfonamides is 1. The molecule has 0 spiro atoms. The van der Waals surface area contributed by atoms with Gasteiger partial charge in [0.25, 0.3) is 21.8 Å². The molecule has 0 bridgehead atoms. The molecule has 0 atom stereocenters. The number of methoxy groups -OCH3 is 4. The third kappa shape index (κ3) is 4.65. The standard InChI is InChI=1S/C19H20ClN3O8S2/c1-9-13(20)19(31-22-9)23-33(25,26)12-6-7-32-17(12)18(24)21-14-10(27-2)8-11(28-3)15(29-4)16(14)30-5/h6-8,23H,1-5H3,(H,21,24). The Bertz CT molecular complexity index is 1290. The number of aromatic nitrogens is 1. The second-order valence-corrected chi connectivity index (χ2v) is 9.25. The minimum Gasteiger partial charge on any atom is -0.494 e. The summed E-state index contributed by atoms with van der Waals surface area (Å²) in [5, 5.41) is 7.71. The Labute approximate surface area is 198 Å². The monoisotopic (exact) mass is 517 g/mol. The Balaban J connectivity index is 1.99. The molecule has 33 heavy (non-hydrogen) atoms. The summed E-state index contributed by atoms with van der Waals surface area (Å²) < 4.78 is 54.3. The number of hydrogen-bond acceptors (Lipinski definition) is 10. The first-order chi connectivity index (χ1) is 15.7. The summed E-state index contributed by atoms with van der Waals surface area (Å²) in [4.78, 5) is 12.7. The number of nitrogens with zero attached hydrogens (tertiary/aromatic N) is 1. The van der Waals surface area contributed by atoms with Gasteiger partial charge in [0.2, 0.25) is 5.75 Å². The molecule has 0 radical (unpaired) electrons. The molecule has 0 aliphatic rings. The fourth-order valence-electron chi connectivity index (χ4n) is 2.86. The van der Waals surface area contributed by atoms with Crippen molar-refractivity contribution in [2.75, 3.05) is 38.5 Å². The Morgan fingerprint density at radius 2 is 1.76 bits per heavy atom. The molecule has 2 N–H and O–H groups in total. The van der Waals surface area contributed by atoms with E-state index in [-0.39, 0.29) is 43.6 Å². The maximum Gasteiger partial charge on any atom is 0.267 e. The van der Waals surface area contributed by atoms with Gasteiger partial charge in [-0.1, -0.05) is 16.8 Å². The number of ether oxygens (including phenoxy) is 4. The molecule has 0 aliphatic heterocycles. The molecule has 178 valence electrons. The molecule has 2 aromatic heterocycles. The largest absolute Gasteiger partial charge is 0.494 e. The van der Waals surface area contributed by atoms with Gasteiger partial charge in [-0.2, -0.15) is 0 Å². The highest BCUT2D eigenvalue weighted by Crippen LogP contribution is 2.48. The van der Waals surface area contributed by atoms with Crippen LogP contribution in [0.2, 0.25) is 5.02 Å². The van der Waals surface area contributed by atoms with E-state index in [1.807, 2.05) is 0 Å². The van der Waals surface area contributed by atoms with Gasteiger partial charge in [-0.3, -0.25) is 4.79 Å². The van der Waals surface area contributed by atoms with Crippen LogP contribution in [0.5, 0.6) is 23.0 Å². The highest BCUT2D eigenvalue weighted by atomic mass is 35.5. The number of hydrogen-bond donors (Lipinski definition) is 2. The average molecular weight is 518 g/mol. The van der Waals surface area contributed by atoms with Crippen molar-refractivity contribution in [1.82, 2.24) is 5.16 Å². The van der Waals surface area contributed by atoms with Crippen molar-refractivity contribution in [2.45, 2.75) is 11.8 Å². The van der Waals surface area contributed by atoms with Crippen molar-refractivity contribution < 1.29 is 36.7 Å². The molecule has 1 amide bonds. The first kappa shape index (κ1) is 24.5. The normalized spacial score (nSPS) is 11.1. The summed E-state index contributed by atoms with van der Waals surface area (Å²) in [5.41, 5.74) is 0.437. The number of benzene rings is 1. The smallest absolute Gasteiger partial charge is 0.267 e. The van der Waals surface area contributed by atoms with E-state index in [0.29, 0.717) is 11.4 Å². The van der Waals surface area contributed by atoms with Crippen molar-refractivity contribution in [2.24, 2.45) is 0 Å². The molecule has 3 rings (SSSR count). The number of anilines is 2. The van der Waals surface area contributed by atoms with E-state index < -0.39 is 15.9 Å². The lowest BCUT2D eigenvalue weighted by Gasteiger charge is -2.19. The van der Waals surface area contributed by atoms with Crippen LogP contribution in [0.25, 0.3) is 0 Å². The Hall–Kier alpha value is -3.16. The highest BCUT2D eigenvalue weighted by Gasteiger charge is 2.29. The van der Waals surface area contributed by atoms with Gasteiger partial charge in [-0.15, -0.1) is 11.3 Å². The topological polar surface area (TPSA) is 138 Å². The lowest BCUT2D eigenvalue weighted by Crippen LogP contribution is -2.19. The fraction of sp³-hybridized carbons (Fsp3) is 0.263. The van der Waals surface area contributed by atoms with Crippen molar-refractivity contribution in [3.63, 3.8) is 0 Å². The van der Waals surface area contributed by atoms with Gasteiger partial charge < -0.3 is 28.8 Å². The number of rotatable bonds is 9. The first-order valence-corrected chi connectivity index (χ1v) is 11.8. The minimum atomic E-state index is -4.23. The van der Waals surface area contributed by atoms with Crippen LogP contribution < -0.4 is 29.0 Å². The van der Waals surface area contributed by atoms with E-state index in [4.69, 9.17) is 35.1 Å². The van der Waals surface area contributed by atoms with E-state index >= 15 is 0 Å². The number of amides is 1. The zero-order valence-electron chi connectivity index (χ0n) is 18.1. The molecule has 2 heterocycles. The molecular weight excluding hydrogens is 498 g/mol. The summed E-state index contributed by atoms with van der Waals surface area (Å²) in [6, 6.07) is 2.78. The quantitative estimate of drug-likeness (QED) is 0.434. The van der Waals surface area contributed by atoms with Crippen molar-refractivity contribution in [1.29, 1.82) is 0 Å². The van der Waals surface area contributed by atoms with Crippen molar-refractivity contribution in [3.8, 4) is 23.0 Å². The van der Waals surface area contributed by atoms with Gasteiger partial charge in [0, 0.05) is 6.07 Å². The Morgan fingerprint density at radius 3 is 2.30 bits per heavy atom. The zero-order valence-corrected chi connectivity index (χ0v) is 20.5. The van der Waals surface area contributed by atoms with E-state index in [9.17, 15) is 13.2 Å². The van der Waals surface area contributed by atoms with Gasteiger partial charge in [0.1, 0.15) is 31.9 Å². The minimum absolute atomic E-state index is 0.0135. The third-order valence-electron chi connectivity index (χ3n) is 4.40. The van der Waals surface area contributed by atoms with Crippen LogP contribution in [-0.4, -0.2) is 47.9 Å². The number of aryl methyl sites for hydroxylation is 1. The fourth-order valence-corrected chi connectivity index (χ4v) is 5.35. The van der Waals surface area contributed by atoms with E-state index in [0.717, 1.165) is 11.3 Å². The first-order valence-electron chi connectivity index (χ1n) is 9.08. The number of thiophene rings is 1. The van der Waals surface area contributed by atoms with Gasteiger partial charge >= 0.3 is 0 Å². The molecule has 11 nitrogen and oxygen atoms in total. The second-order valence-electron chi connectivity index (χ2n) is 6.31. The van der Waals surface area contributed by atoms with Crippen molar-refractivity contribution >= 4 is 50.4 Å². The Morgan fingerprint density at radius 1 is 1.09 bits per heavy atom. The average Bonchev–Trinajstić information content (AvgIpc) is 3.41. The predicted octanol–water partition coefficient (Wildman–Crippen LogP) is 3.79. The van der Waals surface area contributed by atoms with Gasteiger partial charge in [0.05, 0.1) is 28.4 Å². The number of nitrogens with one attached hydrogen (secondary N) is 2. The maximum absolute atomic E-state index is 13.1. The van der Waals surface area contributed by atoms with Crippen LogP contribution in [0.4, 0.5) is 11.6 Å². The molecule has 0 fully saturated rings. The summed E-state index contributed by atoms with van der Waals surface area (Å²) >= 11 is 6.92. The SMILES string of the molecule is COc1cc(OC)c(OC)c(OC)c1NC(=O)c1sccc1S(=O)(=O)Nc1onc(C)c1Cl. The van der Waals surface area contributed by atoms with Crippen LogP contribution in [0.3, 0.4) is 0 Å². The molecule has 3 aromatic rings.